The SMILES string of the molecule is Cc1ccc(C(=O)C2=C(O)C(=O)N(c3nc4ccc(S(C)(=O)=O)cc4s3)C2c2ccccc2F)o1. The number of nitrogens with zero attached hydrogens (tertiary/aromatic N) is 2. The van der Waals surface area contributed by atoms with Gasteiger partial charge in [-0.3, -0.25) is 14.5 Å². The van der Waals surface area contributed by atoms with Crippen LogP contribution < -0.4 is 4.90 Å². The molecule has 8 nitrogen and oxygen atoms in total. The standard InChI is InChI=1S/C24H17FN2O6S2/c1-12-7-10-17(33-12)21(28)19-20(14-5-3-4-6-15(14)25)27(23(30)22(19)29)24-26-16-9-8-13(35(2,31)32)11-18(16)34-24/h3-11,20,29H,1-2H3. The topological polar surface area (TPSA) is 118 Å². The van der Waals surface area contributed by atoms with E-state index in [-0.39, 0.29) is 26.9 Å². The number of anilines is 1. The number of ketones is 1. The van der Waals surface area contributed by atoms with Gasteiger partial charge in [-0.2, -0.15) is 0 Å². The van der Waals surface area contributed by atoms with E-state index in [9.17, 15) is 27.5 Å². The lowest BCUT2D eigenvalue weighted by Gasteiger charge is -2.24. The molecule has 0 saturated heterocycles. The minimum Gasteiger partial charge on any atom is -0.503 e. The number of carbonyl (C=O) groups excluding carboxylic acids is 2. The first-order valence-electron chi connectivity index (χ1n) is 10.3. The third-order valence-corrected chi connectivity index (χ3v) is 7.73. The van der Waals surface area contributed by atoms with E-state index in [1.54, 1.807) is 19.1 Å². The number of Topliss-reactive ketones (excluding diaryl/α,β-unsaturated/α-hetero) is 1. The number of sulfone groups is 1. The van der Waals surface area contributed by atoms with Crippen LogP contribution in [0.2, 0.25) is 0 Å². The van der Waals surface area contributed by atoms with Gasteiger partial charge in [0.2, 0.25) is 5.78 Å². The van der Waals surface area contributed by atoms with Crippen LogP contribution in [0.15, 0.2) is 75.2 Å². The fraction of sp³-hybridized carbons (Fsp3) is 0.125. The Morgan fingerprint density at radius 2 is 1.91 bits per heavy atom. The third kappa shape index (κ3) is 3.82. The lowest BCUT2D eigenvalue weighted by atomic mass is 9.95. The number of benzene rings is 2. The molecule has 1 amide bonds. The fourth-order valence-corrected chi connectivity index (χ4v) is 5.69. The highest BCUT2D eigenvalue weighted by Gasteiger charge is 2.47. The van der Waals surface area contributed by atoms with Crippen molar-refractivity contribution in [3.05, 3.63) is 88.8 Å². The number of carbonyl (C=O) groups is 2. The lowest BCUT2D eigenvalue weighted by molar-refractivity contribution is -0.117. The average molecular weight is 513 g/mol. The molecule has 0 bridgehead atoms. The summed E-state index contributed by atoms with van der Waals surface area (Å²) in [6.45, 7) is 1.64. The van der Waals surface area contributed by atoms with Crippen molar-refractivity contribution < 1.29 is 31.9 Å². The smallest absolute Gasteiger partial charge is 0.296 e. The number of furan rings is 1. The lowest BCUT2D eigenvalue weighted by Crippen LogP contribution is -2.31. The predicted molar refractivity (Wildman–Crippen MR) is 127 cm³/mol. The van der Waals surface area contributed by atoms with Crippen LogP contribution in [0.5, 0.6) is 0 Å². The Labute approximate surface area is 202 Å². The number of aliphatic hydroxyl groups is 1. The van der Waals surface area contributed by atoms with Gasteiger partial charge in [0, 0.05) is 11.8 Å². The highest BCUT2D eigenvalue weighted by molar-refractivity contribution is 7.90. The molecule has 2 aromatic heterocycles. The van der Waals surface area contributed by atoms with Crippen LogP contribution in [0.3, 0.4) is 0 Å². The number of rotatable bonds is 5. The zero-order valence-corrected chi connectivity index (χ0v) is 20.0. The van der Waals surface area contributed by atoms with Crippen molar-refractivity contribution in [3.8, 4) is 0 Å². The molecule has 1 atom stereocenters. The number of thiazole rings is 1. The molecule has 2 aromatic carbocycles. The summed E-state index contributed by atoms with van der Waals surface area (Å²) in [6.07, 6.45) is 1.07. The van der Waals surface area contributed by atoms with E-state index < -0.39 is 39.1 Å². The fourth-order valence-electron chi connectivity index (χ4n) is 3.94. The molecule has 0 saturated carbocycles. The molecule has 1 unspecified atom stereocenters. The summed E-state index contributed by atoms with van der Waals surface area (Å²) in [6, 6.07) is 11.6. The number of hydrogen-bond donors (Lipinski definition) is 1. The minimum absolute atomic E-state index is 0.0207. The van der Waals surface area contributed by atoms with Crippen molar-refractivity contribution in [3.63, 3.8) is 0 Å². The van der Waals surface area contributed by atoms with Crippen LogP contribution in [0.4, 0.5) is 9.52 Å². The van der Waals surface area contributed by atoms with Gasteiger partial charge in [-0.1, -0.05) is 29.5 Å². The zero-order valence-electron chi connectivity index (χ0n) is 18.4. The summed E-state index contributed by atoms with van der Waals surface area (Å²) >= 11 is 0.983. The first-order valence-corrected chi connectivity index (χ1v) is 13.0. The summed E-state index contributed by atoms with van der Waals surface area (Å²) in [5.41, 5.74) is 0.0385. The average Bonchev–Trinajstić information content (AvgIpc) is 3.49. The van der Waals surface area contributed by atoms with Crippen molar-refractivity contribution in [2.45, 2.75) is 17.9 Å². The highest BCUT2D eigenvalue weighted by atomic mass is 32.2. The maximum absolute atomic E-state index is 15.0. The van der Waals surface area contributed by atoms with Gasteiger partial charge in [0.1, 0.15) is 17.6 Å². The molecular formula is C24H17FN2O6S2. The van der Waals surface area contributed by atoms with E-state index in [4.69, 9.17) is 4.42 Å². The van der Waals surface area contributed by atoms with Gasteiger partial charge in [-0.15, -0.1) is 0 Å². The van der Waals surface area contributed by atoms with E-state index in [0.29, 0.717) is 16.0 Å². The molecule has 4 aromatic rings. The monoisotopic (exact) mass is 512 g/mol. The molecule has 0 spiro atoms. The molecule has 0 aliphatic carbocycles. The molecule has 11 heteroatoms. The Morgan fingerprint density at radius 1 is 1.17 bits per heavy atom. The second-order valence-corrected chi connectivity index (χ2v) is 11.0. The van der Waals surface area contributed by atoms with Crippen molar-refractivity contribution in [2.75, 3.05) is 11.2 Å². The number of aryl methyl sites for hydroxylation is 1. The Morgan fingerprint density at radius 3 is 2.57 bits per heavy atom. The van der Waals surface area contributed by atoms with E-state index >= 15 is 0 Å². The summed E-state index contributed by atoms with van der Waals surface area (Å²) < 4.78 is 44.7. The number of fused-ring (bicyclic) bond motifs is 1. The molecule has 35 heavy (non-hydrogen) atoms. The van der Waals surface area contributed by atoms with Crippen LogP contribution in [-0.4, -0.2) is 36.5 Å². The number of hydrogen-bond acceptors (Lipinski definition) is 8. The van der Waals surface area contributed by atoms with Crippen molar-refractivity contribution >= 4 is 48.2 Å². The van der Waals surface area contributed by atoms with Crippen LogP contribution in [-0.2, 0) is 14.6 Å². The zero-order chi connectivity index (χ0) is 25.1. The molecule has 5 rings (SSSR count). The largest absolute Gasteiger partial charge is 0.503 e. The first-order chi connectivity index (χ1) is 16.6. The van der Waals surface area contributed by atoms with Gasteiger partial charge >= 0.3 is 0 Å². The summed E-state index contributed by atoms with van der Waals surface area (Å²) in [5, 5.41) is 10.8. The predicted octanol–water partition coefficient (Wildman–Crippen LogP) is 4.52. The van der Waals surface area contributed by atoms with Gasteiger partial charge in [-0.25, -0.2) is 17.8 Å². The van der Waals surface area contributed by atoms with Crippen LogP contribution in [0.25, 0.3) is 10.2 Å². The van der Waals surface area contributed by atoms with Crippen LogP contribution in [0.1, 0.15) is 27.9 Å². The number of aromatic nitrogens is 1. The maximum atomic E-state index is 15.0. The summed E-state index contributed by atoms with van der Waals surface area (Å²) in [4.78, 5) is 32.1. The van der Waals surface area contributed by atoms with E-state index in [0.717, 1.165) is 22.5 Å². The molecule has 1 N–H and O–H groups in total. The first kappa shape index (κ1) is 22.9. The summed E-state index contributed by atoms with van der Waals surface area (Å²) in [7, 11) is -3.49. The maximum Gasteiger partial charge on any atom is 0.296 e. The highest BCUT2D eigenvalue weighted by Crippen LogP contribution is 2.45. The van der Waals surface area contributed by atoms with Crippen molar-refractivity contribution in [2.24, 2.45) is 0 Å². The molecular weight excluding hydrogens is 495 g/mol. The minimum atomic E-state index is -3.49. The van der Waals surface area contributed by atoms with Crippen molar-refractivity contribution in [1.29, 1.82) is 0 Å². The van der Waals surface area contributed by atoms with Gasteiger partial charge in [0.15, 0.2) is 26.5 Å². The molecule has 1 aliphatic rings. The molecule has 1 aliphatic heterocycles. The Balaban J connectivity index is 1.69. The Kier molecular flexibility index (Phi) is 5.33. The van der Waals surface area contributed by atoms with Crippen LogP contribution >= 0.6 is 11.3 Å². The van der Waals surface area contributed by atoms with Crippen molar-refractivity contribution in [1.82, 2.24) is 4.98 Å². The molecule has 0 fully saturated rings. The number of aliphatic hydroxyl groups excluding tert-OH is 1. The molecule has 178 valence electrons. The second-order valence-electron chi connectivity index (χ2n) is 8.00. The second kappa shape index (κ2) is 8.14. The van der Waals surface area contributed by atoms with E-state index in [1.807, 2.05) is 0 Å². The van der Waals surface area contributed by atoms with Crippen LogP contribution in [0, 0.1) is 12.7 Å². The normalized spacial score (nSPS) is 16.5. The Hall–Kier alpha value is -3.83. The number of amides is 1. The molecule has 3 heterocycles. The van der Waals surface area contributed by atoms with E-state index in [2.05, 4.69) is 4.98 Å². The third-order valence-electron chi connectivity index (χ3n) is 5.60. The van der Waals surface area contributed by atoms with Gasteiger partial charge in [-0.05, 0) is 43.3 Å². The summed E-state index contributed by atoms with van der Waals surface area (Å²) in [5.74, 6) is -2.89. The van der Waals surface area contributed by atoms with Gasteiger partial charge < -0.3 is 9.52 Å². The van der Waals surface area contributed by atoms with E-state index in [1.165, 1.54) is 42.5 Å². The molecule has 0 radical (unpaired) electrons. The Bertz CT molecular complexity index is 1670. The van der Waals surface area contributed by atoms with Gasteiger partial charge in [0.25, 0.3) is 5.91 Å². The van der Waals surface area contributed by atoms with Gasteiger partial charge in [0.05, 0.1) is 20.7 Å². The quantitative estimate of drug-likeness (QED) is 0.391. The number of halogens is 1.